The number of aromatic nitrogens is 4. The minimum absolute atomic E-state index is 0.0862. The molecule has 3 aromatic rings. The number of nitrogens with two attached hydrogens (primary N) is 1. The highest BCUT2D eigenvalue weighted by Crippen LogP contribution is 2.34. The lowest BCUT2D eigenvalue weighted by molar-refractivity contribution is 0.196. The van der Waals surface area contributed by atoms with Crippen LogP contribution in [-0.4, -0.2) is 45.4 Å². The number of nitrogens with zero attached hydrogens (tertiary/aromatic N) is 4. The topological polar surface area (TPSA) is 121 Å². The third kappa shape index (κ3) is 2.88. The number of aryl methyl sites for hydroxylation is 1. The van der Waals surface area contributed by atoms with Crippen molar-refractivity contribution in [3.05, 3.63) is 24.3 Å². The summed E-state index contributed by atoms with van der Waals surface area (Å²) in [6.07, 6.45) is 0. The molecule has 2 heterocycles. The summed E-state index contributed by atoms with van der Waals surface area (Å²) < 4.78 is 17.3. The third-order valence-electron chi connectivity index (χ3n) is 3.38. The number of benzene rings is 1. The van der Waals surface area contributed by atoms with E-state index < -0.39 is 0 Å². The van der Waals surface area contributed by atoms with E-state index in [4.69, 9.17) is 24.8 Å². The fourth-order valence-electron chi connectivity index (χ4n) is 2.14. The van der Waals surface area contributed by atoms with E-state index in [1.54, 1.807) is 26.3 Å². The summed E-state index contributed by atoms with van der Waals surface area (Å²) in [4.78, 5) is 4.35. The summed E-state index contributed by atoms with van der Waals surface area (Å²) in [6, 6.07) is 7.26. The first-order valence-corrected chi connectivity index (χ1v) is 7.18. The van der Waals surface area contributed by atoms with Gasteiger partial charge in [0.15, 0.2) is 0 Å². The van der Waals surface area contributed by atoms with Crippen LogP contribution >= 0.6 is 0 Å². The first kappa shape index (κ1) is 15.8. The molecule has 0 unspecified atom stereocenters. The number of aliphatic hydroxyl groups is 1. The highest BCUT2D eigenvalue weighted by atomic mass is 16.5. The zero-order chi connectivity index (χ0) is 17.1. The van der Waals surface area contributed by atoms with Crippen molar-refractivity contribution >= 4 is 5.82 Å². The summed E-state index contributed by atoms with van der Waals surface area (Å²) in [6.45, 7) is -0.0558. The average Bonchev–Trinajstić information content (AvgIpc) is 3.18. The van der Waals surface area contributed by atoms with Gasteiger partial charge in [-0.05, 0) is 24.3 Å². The molecule has 24 heavy (non-hydrogen) atoms. The van der Waals surface area contributed by atoms with E-state index in [0.717, 1.165) is 11.3 Å². The number of hydrogen-bond donors (Lipinski definition) is 2. The summed E-state index contributed by atoms with van der Waals surface area (Å²) in [5.41, 5.74) is 7.18. The van der Waals surface area contributed by atoms with Gasteiger partial charge < -0.3 is 24.8 Å². The lowest BCUT2D eigenvalue weighted by Crippen LogP contribution is -2.03. The lowest BCUT2D eigenvalue weighted by atomic mass is 10.2. The Kier molecular flexibility index (Phi) is 4.34. The smallest absolute Gasteiger partial charge is 0.267 e. The summed E-state index contributed by atoms with van der Waals surface area (Å²) in [5, 5.41) is 17.0. The second-order valence-corrected chi connectivity index (χ2v) is 4.91. The van der Waals surface area contributed by atoms with Gasteiger partial charge in [-0.1, -0.05) is 5.16 Å². The molecule has 2 aromatic heterocycles. The van der Waals surface area contributed by atoms with Crippen LogP contribution in [0.3, 0.4) is 0 Å². The van der Waals surface area contributed by atoms with Gasteiger partial charge in [0, 0.05) is 12.6 Å². The van der Waals surface area contributed by atoms with Crippen molar-refractivity contribution in [2.75, 3.05) is 26.1 Å². The van der Waals surface area contributed by atoms with Crippen LogP contribution < -0.4 is 15.2 Å². The van der Waals surface area contributed by atoms with Gasteiger partial charge in [-0.15, -0.1) is 5.10 Å². The van der Waals surface area contributed by atoms with Crippen LogP contribution in [0, 0.1) is 0 Å². The van der Waals surface area contributed by atoms with Crippen LogP contribution in [0.1, 0.15) is 0 Å². The van der Waals surface area contributed by atoms with E-state index in [1.165, 1.54) is 4.68 Å². The number of hydrogen-bond acceptors (Lipinski definition) is 8. The van der Waals surface area contributed by atoms with Crippen LogP contribution in [0.2, 0.25) is 0 Å². The van der Waals surface area contributed by atoms with Gasteiger partial charge in [-0.3, -0.25) is 0 Å². The second-order valence-electron chi connectivity index (χ2n) is 4.91. The molecule has 9 heteroatoms. The van der Waals surface area contributed by atoms with Gasteiger partial charge in [0.1, 0.15) is 23.7 Å². The molecule has 0 bridgehead atoms. The first-order valence-electron chi connectivity index (χ1n) is 7.18. The van der Waals surface area contributed by atoms with Crippen molar-refractivity contribution in [3.8, 4) is 34.5 Å². The maximum atomic E-state index is 8.91. The van der Waals surface area contributed by atoms with E-state index in [9.17, 15) is 0 Å². The Morgan fingerprint density at radius 2 is 2.04 bits per heavy atom. The number of anilines is 1. The Labute approximate surface area is 137 Å². The van der Waals surface area contributed by atoms with Crippen LogP contribution in [0.5, 0.6) is 11.6 Å². The van der Waals surface area contributed by atoms with E-state index in [2.05, 4.69) is 15.2 Å². The summed E-state index contributed by atoms with van der Waals surface area (Å²) >= 11 is 0. The molecular formula is C15H17N5O4. The van der Waals surface area contributed by atoms with Crippen molar-refractivity contribution in [1.82, 2.24) is 19.9 Å². The second kappa shape index (κ2) is 6.59. The molecule has 126 valence electrons. The Morgan fingerprint density at radius 3 is 2.71 bits per heavy atom. The van der Waals surface area contributed by atoms with Crippen LogP contribution in [0.15, 0.2) is 28.8 Å². The van der Waals surface area contributed by atoms with Crippen LogP contribution in [0.25, 0.3) is 22.8 Å². The molecule has 9 nitrogen and oxygen atoms in total. The van der Waals surface area contributed by atoms with Crippen LogP contribution in [-0.2, 0) is 7.05 Å². The molecule has 0 aliphatic carbocycles. The van der Waals surface area contributed by atoms with E-state index in [0.29, 0.717) is 17.2 Å². The Hall–Kier alpha value is -3.07. The van der Waals surface area contributed by atoms with Gasteiger partial charge in [0.2, 0.25) is 11.7 Å². The first-order chi connectivity index (χ1) is 11.6. The van der Waals surface area contributed by atoms with Crippen molar-refractivity contribution in [2.45, 2.75) is 0 Å². The maximum Gasteiger partial charge on any atom is 0.267 e. The van der Waals surface area contributed by atoms with Gasteiger partial charge >= 0.3 is 0 Å². The Bertz CT molecular complexity index is 825. The van der Waals surface area contributed by atoms with Crippen molar-refractivity contribution in [3.63, 3.8) is 0 Å². The van der Waals surface area contributed by atoms with Crippen molar-refractivity contribution in [2.24, 2.45) is 7.05 Å². The molecule has 1 aromatic carbocycles. The van der Waals surface area contributed by atoms with Crippen molar-refractivity contribution < 1.29 is 19.1 Å². The molecule has 0 saturated carbocycles. The number of methoxy groups -OCH3 is 1. The number of ether oxygens (including phenoxy) is 2. The van der Waals surface area contributed by atoms with Crippen LogP contribution in [0.4, 0.5) is 5.82 Å². The molecular weight excluding hydrogens is 314 g/mol. The monoisotopic (exact) mass is 331 g/mol. The predicted molar refractivity (Wildman–Crippen MR) is 85.5 cm³/mol. The van der Waals surface area contributed by atoms with Gasteiger partial charge in [0.05, 0.1) is 13.7 Å². The van der Waals surface area contributed by atoms with E-state index >= 15 is 0 Å². The average molecular weight is 331 g/mol. The highest BCUT2D eigenvalue weighted by molar-refractivity contribution is 5.74. The number of aliphatic hydroxyl groups excluding tert-OH is 1. The molecule has 0 radical (unpaired) electrons. The minimum Gasteiger partial charge on any atom is -0.497 e. The summed E-state index contributed by atoms with van der Waals surface area (Å²) in [5.74, 6) is 1.89. The molecule has 0 aliphatic heterocycles. The Balaban J connectivity index is 1.95. The SMILES string of the molecule is COc1ccc(-c2noc(-c3c(OCCO)nn(C)c3N)n2)cc1. The largest absolute Gasteiger partial charge is 0.497 e. The molecule has 0 saturated heterocycles. The zero-order valence-electron chi connectivity index (χ0n) is 13.3. The summed E-state index contributed by atoms with van der Waals surface area (Å²) in [7, 11) is 3.27. The van der Waals surface area contributed by atoms with Gasteiger partial charge in [-0.25, -0.2) is 4.68 Å². The fraction of sp³-hybridized carbons (Fsp3) is 0.267. The molecule has 0 fully saturated rings. The van der Waals surface area contributed by atoms with E-state index in [1.807, 2.05) is 12.1 Å². The molecule has 0 atom stereocenters. The highest BCUT2D eigenvalue weighted by Gasteiger charge is 2.23. The van der Waals surface area contributed by atoms with Crippen molar-refractivity contribution in [1.29, 1.82) is 0 Å². The molecule has 0 amide bonds. The maximum absolute atomic E-state index is 8.91. The predicted octanol–water partition coefficient (Wildman–Crippen LogP) is 1.10. The van der Waals surface area contributed by atoms with E-state index in [-0.39, 0.29) is 25.0 Å². The molecule has 3 rings (SSSR count). The normalized spacial score (nSPS) is 10.8. The quantitative estimate of drug-likeness (QED) is 0.688. The molecule has 0 spiro atoms. The lowest BCUT2D eigenvalue weighted by Gasteiger charge is -2.00. The molecule has 0 aliphatic rings. The fourth-order valence-corrected chi connectivity index (χ4v) is 2.14. The minimum atomic E-state index is -0.142. The third-order valence-corrected chi connectivity index (χ3v) is 3.38. The zero-order valence-corrected chi connectivity index (χ0v) is 13.3. The van der Waals surface area contributed by atoms with Gasteiger partial charge in [-0.2, -0.15) is 4.98 Å². The van der Waals surface area contributed by atoms with Gasteiger partial charge in [0.25, 0.3) is 5.89 Å². The number of rotatable bonds is 6. The Morgan fingerprint density at radius 1 is 1.29 bits per heavy atom. The standard InChI is InChI=1S/C15H17N5O4/c1-20-12(16)11(15(18-20)23-8-7-21)14-17-13(19-24-14)9-3-5-10(22-2)6-4-9/h3-6,21H,7-8,16H2,1-2H3. The number of nitrogen functional groups attached to an aromatic ring is 1. The molecule has 3 N–H and O–H groups in total.